The quantitative estimate of drug-likeness (QED) is 0.681. The van der Waals surface area contributed by atoms with Crippen LogP contribution in [0.4, 0.5) is 0 Å². The highest BCUT2D eigenvalue weighted by Crippen LogP contribution is 2.08. The van der Waals surface area contributed by atoms with Crippen molar-refractivity contribution in [2.45, 2.75) is 65.0 Å². The molecule has 3 heteroatoms. The van der Waals surface area contributed by atoms with E-state index >= 15 is 0 Å². The third-order valence-electron chi connectivity index (χ3n) is 3.45. The van der Waals surface area contributed by atoms with E-state index < -0.39 is 0 Å². The zero-order chi connectivity index (χ0) is 14.8. The summed E-state index contributed by atoms with van der Waals surface area (Å²) in [7, 11) is 0. The number of carbonyl (C=O) groups is 1. The largest absolute Gasteiger partial charge is 0.351 e. The molecule has 1 atom stereocenters. The van der Waals surface area contributed by atoms with Crippen molar-refractivity contribution in [3.63, 3.8) is 0 Å². The normalized spacial score (nSPS) is 12.2. The predicted molar refractivity (Wildman–Crippen MR) is 84.4 cm³/mol. The van der Waals surface area contributed by atoms with Crippen LogP contribution in [0, 0.1) is 0 Å². The molecule has 0 unspecified atom stereocenters. The molecule has 112 valence electrons. The molecule has 0 saturated carbocycles. The van der Waals surface area contributed by atoms with Gasteiger partial charge in [0.05, 0.1) is 6.04 Å². The van der Waals surface area contributed by atoms with Crippen LogP contribution >= 0.6 is 0 Å². The van der Waals surface area contributed by atoms with Crippen molar-refractivity contribution in [1.82, 2.24) is 5.32 Å². The summed E-state index contributed by atoms with van der Waals surface area (Å²) < 4.78 is 0. The van der Waals surface area contributed by atoms with Crippen molar-refractivity contribution < 1.29 is 4.79 Å². The molecule has 0 bridgehead atoms. The average molecular weight is 276 g/mol. The number of benzene rings is 1. The number of nitrogens with two attached hydrogens (primary N) is 1. The minimum Gasteiger partial charge on any atom is -0.351 e. The van der Waals surface area contributed by atoms with Gasteiger partial charge in [-0.15, -0.1) is 0 Å². The summed E-state index contributed by atoms with van der Waals surface area (Å²) in [4.78, 5) is 11.9. The Morgan fingerprint density at radius 1 is 1.20 bits per heavy atom. The van der Waals surface area contributed by atoms with Crippen molar-refractivity contribution in [2.75, 3.05) is 0 Å². The molecule has 0 saturated heterocycles. The molecule has 0 aliphatic rings. The molecule has 1 aromatic rings. The molecule has 0 aliphatic heterocycles. The summed E-state index contributed by atoms with van der Waals surface area (Å²) >= 11 is 0. The van der Waals surface area contributed by atoms with E-state index in [1.54, 1.807) is 0 Å². The van der Waals surface area contributed by atoms with Gasteiger partial charge in [-0.05, 0) is 24.0 Å². The summed E-state index contributed by atoms with van der Waals surface area (Å²) in [5.74, 6) is -0.0398. The first-order valence-corrected chi connectivity index (χ1v) is 7.78. The number of hydrogen-bond acceptors (Lipinski definition) is 2. The highest BCUT2D eigenvalue weighted by molar-refractivity contribution is 5.81. The Labute approximate surface area is 122 Å². The van der Waals surface area contributed by atoms with Crippen molar-refractivity contribution in [3.05, 3.63) is 35.4 Å². The van der Waals surface area contributed by atoms with Crippen LogP contribution in [0.3, 0.4) is 0 Å². The molecule has 0 aromatic heterocycles. The SMILES string of the molecule is CCCCC[C@H](N)C(=O)NCc1cccc(CCC)c1. The lowest BCUT2D eigenvalue weighted by Gasteiger charge is -2.12. The lowest BCUT2D eigenvalue weighted by molar-refractivity contribution is -0.122. The Hall–Kier alpha value is -1.35. The standard InChI is InChI=1S/C17H28N2O/c1-3-5-6-11-16(18)17(20)19-13-15-10-7-9-14(12-15)8-4-2/h7,9-10,12,16H,3-6,8,11,13,18H2,1-2H3,(H,19,20)/t16-/m0/s1. The molecule has 0 heterocycles. The summed E-state index contributed by atoms with van der Waals surface area (Å²) in [6, 6.07) is 8.01. The van der Waals surface area contributed by atoms with E-state index in [2.05, 4.69) is 31.3 Å². The molecular weight excluding hydrogens is 248 g/mol. The molecule has 0 radical (unpaired) electrons. The molecule has 0 fully saturated rings. The third-order valence-corrected chi connectivity index (χ3v) is 3.45. The van der Waals surface area contributed by atoms with Crippen molar-refractivity contribution in [2.24, 2.45) is 5.73 Å². The molecule has 1 amide bonds. The van der Waals surface area contributed by atoms with Crippen molar-refractivity contribution in [1.29, 1.82) is 0 Å². The predicted octanol–water partition coefficient (Wildman–Crippen LogP) is 3.16. The van der Waals surface area contributed by atoms with Crippen LogP contribution in [-0.2, 0) is 17.8 Å². The van der Waals surface area contributed by atoms with Gasteiger partial charge >= 0.3 is 0 Å². The van der Waals surface area contributed by atoms with E-state index in [-0.39, 0.29) is 11.9 Å². The van der Waals surface area contributed by atoms with E-state index in [9.17, 15) is 4.79 Å². The first-order valence-electron chi connectivity index (χ1n) is 7.78. The van der Waals surface area contributed by atoms with Gasteiger partial charge in [0.15, 0.2) is 0 Å². The smallest absolute Gasteiger partial charge is 0.237 e. The van der Waals surface area contributed by atoms with Crippen LogP contribution in [-0.4, -0.2) is 11.9 Å². The van der Waals surface area contributed by atoms with E-state index in [4.69, 9.17) is 5.73 Å². The maximum absolute atomic E-state index is 11.9. The second-order valence-corrected chi connectivity index (χ2v) is 5.39. The molecule has 3 N–H and O–H groups in total. The molecule has 1 rings (SSSR count). The minimum absolute atomic E-state index is 0.0398. The van der Waals surface area contributed by atoms with Gasteiger partial charge in [-0.25, -0.2) is 0 Å². The van der Waals surface area contributed by atoms with E-state index in [1.807, 2.05) is 12.1 Å². The Kier molecular flexibility index (Phi) is 7.97. The van der Waals surface area contributed by atoms with Crippen LogP contribution in [0.15, 0.2) is 24.3 Å². The zero-order valence-electron chi connectivity index (χ0n) is 12.8. The van der Waals surface area contributed by atoms with E-state index in [0.29, 0.717) is 6.54 Å². The first kappa shape index (κ1) is 16.7. The van der Waals surface area contributed by atoms with Crippen molar-refractivity contribution in [3.8, 4) is 0 Å². The molecule has 0 spiro atoms. The van der Waals surface area contributed by atoms with Gasteiger partial charge in [0, 0.05) is 6.54 Å². The topological polar surface area (TPSA) is 55.1 Å². The summed E-state index contributed by atoms with van der Waals surface area (Å²) in [5.41, 5.74) is 8.36. The minimum atomic E-state index is -0.375. The first-order chi connectivity index (χ1) is 9.67. The number of unbranched alkanes of at least 4 members (excludes halogenated alkanes) is 2. The maximum atomic E-state index is 11.9. The van der Waals surface area contributed by atoms with Crippen LogP contribution in [0.5, 0.6) is 0 Å². The van der Waals surface area contributed by atoms with Gasteiger partial charge in [-0.1, -0.05) is 63.8 Å². The van der Waals surface area contributed by atoms with E-state index in [1.165, 1.54) is 5.56 Å². The Morgan fingerprint density at radius 3 is 2.65 bits per heavy atom. The maximum Gasteiger partial charge on any atom is 0.237 e. The number of hydrogen-bond donors (Lipinski definition) is 2. The molecule has 1 aromatic carbocycles. The van der Waals surface area contributed by atoms with Gasteiger partial charge in [-0.3, -0.25) is 4.79 Å². The van der Waals surface area contributed by atoms with Crippen LogP contribution in [0.25, 0.3) is 0 Å². The Bertz CT molecular complexity index is 404. The van der Waals surface area contributed by atoms with Crippen molar-refractivity contribution >= 4 is 5.91 Å². The van der Waals surface area contributed by atoms with Crippen LogP contribution < -0.4 is 11.1 Å². The fourth-order valence-corrected chi connectivity index (χ4v) is 2.25. The Morgan fingerprint density at radius 2 is 1.95 bits per heavy atom. The van der Waals surface area contributed by atoms with Gasteiger partial charge in [0.25, 0.3) is 0 Å². The second-order valence-electron chi connectivity index (χ2n) is 5.39. The summed E-state index contributed by atoms with van der Waals surface area (Å²) in [6.07, 6.45) is 6.31. The Balaban J connectivity index is 2.38. The molecule has 20 heavy (non-hydrogen) atoms. The molecular formula is C17H28N2O. The number of nitrogens with one attached hydrogen (secondary N) is 1. The lowest BCUT2D eigenvalue weighted by atomic mass is 10.1. The summed E-state index contributed by atoms with van der Waals surface area (Å²) in [6.45, 7) is 4.89. The van der Waals surface area contributed by atoms with E-state index in [0.717, 1.165) is 44.1 Å². The highest BCUT2D eigenvalue weighted by Gasteiger charge is 2.12. The van der Waals surface area contributed by atoms with Gasteiger partial charge in [0.1, 0.15) is 0 Å². The zero-order valence-corrected chi connectivity index (χ0v) is 12.8. The fraction of sp³-hybridized carbons (Fsp3) is 0.588. The number of amides is 1. The molecule has 3 nitrogen and oxygen atoms in total. The lowest BCUT2D eigenvalue weighted by Crippen LogP contribution is -2.40. The van der Waals surface area contributed by atoms with Gasteiger partial charge in [0.2, 0.25) is 5.91 Å². The van der Waals surface area contributed by atoms with Gasteiger partial charge in [-0.2, -0.15) is 0 Å². The summed E-state index contributed by atoms with van der Waals surface area (Å²) in [5, 5.41) is 2.93. The number of carbonyl (C=O) groups excluding carboxylic acids is 1. The third kappa shape index (κ3) is 6.20. The second kappa shape index (κ2) is 9.54. The highest BCUT2D eigenvalue weighted by atomic mass is 16.2. The van der Waals surface area contributed by atoms with Gasteiger partial charge < -0.3 is 11.1 Å². The number of rotatable bonds is 9. The monoisotopic (exact) mass is 276 g/mol. The van der Waals surface area contributed by atoms with Crippen LogP contribution in [0.2, 0.25) is 0 Å². The molecule has 0 aliphatic carbocycles. The van der Waals surface area contributed by atoms with Crippen LogP contribution in [0.1, 0.15) is 57.1 Å². The fourth-order valence-electron chi connectivity index (χ4n) is 2.25. The average Bonchev–Trinajstić information content (AvgIpc) is 2.45. The number of aryl methyl sites for hydroxylation is 1.